The van der Waals surface area contributed by atoms with E-state index >= 15 is 0 Å². The van der Waals surface area contributed by atoms with Crippen molar-refractivity contribution in [2.24, 2.45) is 5.73 Å². The Bertz CT molecular complexity index is 532. The Kier molecular flexibility index (Phi) is 4.22. The molecule has 0 aliphatic heterocycles. The molecule has 2 rings (SSSR count). The van der Waals surface area contributed by atoms with Crippen molar-refractivity contribution >= 4 is 0 Å². The molecule has 0 saturated carbocycles. The monoisotopic (exact) mass is 259 g/mol. The molecule has 1 aromatic carbocycles. The van der Waals surface area contributed by atoms with Gasteiger partial charge in [-0.2, -0.15) is 5.10 Å². The van der Waals surface area contributed by atoms with Gasteiger partial charge in [-0.1, -0.05) is 32.0 Å². The van der Waals surface area contributed by atoms with Crippen LogP contribution in [0, 0.1) is 0 Å². The molecule has 0 aliphatic rings. The van der Waals surface area contributed by atoms with Crippen molar-refractivity contribution in [3.05, 3.63) is 41.6 Å². The third kappa shape index (κ3) is 2.63. The Morgan fingerprint density at radius 1 is 1.26 bits per heavy atom. The molecule has 0 atom stereocenters. The molecule has 102 valence electrons. The van der Waals surface area contributed by atoms with Crippen molar-refractivity contribution in [2.45, 2.75) is 26.2 Å². The molecule has 4 heteroatoms. The van der Waals surface area contributed by atoms with Crippen molar-refractivity contribution < 1.29 is 4.74 Å². The van der Waals surface area contributed by atoms with E-state index in [0.717, 1.165) is 29.2 Å². The summed E-state index contributed by atoms with van der Waals surface area (Å²) in [5, 5.41) is 4.71. The van der Waals surface area contributed by atoms with Gasteiger partial charge in [-0.05, 0) is 31.0 Å². The number of nitrogens with two attached hydrogens (primary N) is 1. The number of hydrogen-bond acceptors (Lipinski definition) is 3. The fourth-order valence-corrected chi connectivity index (χ4v) is 2.25. The maximum absolute atomic E-state index is 5.71. The van der Waals surface area contributed by atoms with Crippen LogP contribution in [0.2, 0.25) is 0 Å². The molecule has 0 aliphatic carbocycles. The van der Waals surface area contributed by atoms with Crippen LogP contribution in [0.5, 0.6) is 5.88 Å². The van der Waals surface area contributed by atoms with Gasteiger partial charge in [0.2, 0.25) is 5.88 Å². The fraction of sp³-hybridized carbons (Fsp3) is 0.400. The van der Waals surface area contributed by atoms with Crippen LogP contribution in [0.1, 0.15) is 31.0 Å². The van der Waals surface area contributed by atoms with E-state index in [-0.39, 0.29) is 0 Å². The first-order valence-corrected chi connectivity index (χ1v) is 6.60. The first-order chi connectivity index (χ1) is 9.19. The van der Waals surface area contributed by atoms with E-state index in [9.17, 15) is 0 Å². The van der Waals surface area contributed by atoms with Gasteiger partial charge in [0.05, 0.1) is 18.5 Å². The summed E-state index contributed by atoms with van der Waals surface area (Å²) in [4.78, 5) is 0. The topological polar surface area (TPSA) is 53.1 Å². The zero-order chi connectivity index (χ0) is 13.8. The standard InChI is InChI=1S/C15H21N3O/c1-11(2)14-13(9-10-16)15(19-3)18(17-14)12-7-5-4-6-8-12/h4-8,11H,9-10,16H2,1-3H3. The maximum Gasteiger partial charge on any atom is 0.219 e. The Hall–Kier alpha value is -1.81. The lowest BCUT2D eigenvalue weighted by Gasteiger charge is -2.07. The molecule has 1 aromatic heterocycles. The lowest BCUT2D eigenvalue weighted by atomic mass is 10.0. The van der Waals surface area contributed by atoms with Gasteiger partial charge >= 0.3 is 0 Å². The van der Waals surface area contributed by atoms with Crippen LogP contribution in [0.4, 0.5) is 0 Å². The van der Waals surface area contributed by atoms with Crippen molar-refractivity contribution in [1.82, 2.24) is 9.78 Å². The minimum absolute atomic E-state index is 0.348. The van der Waals surface area contributed by atoms with E-state index < -0.39 is 0 Å². The lowest BCUT2D eigenvalue weighted by Crippen LogP contribution is -2.06. The Morgan fingerprint density at radius 3 is 2.47 bits per heavy atom. The molecule has 19 heavy (non-hydrogen) atoms. The van der Waals surface area contributed by atoms with E-state index in [4.69, 9.17) is 15.6 Å². The van der Waals surface area contributed by atoms with Crippen LogP contribution < -0.4 is 10.5 Å². The number of para-hydroxylation sites is 1. The molecule has 0 fully saturated rings. The highest BCUT2D eigenvalue weighted by Gasteiger charge is 2.20. The highest BCUT2D eigenvalue weighted by atomic mass is 16.5. The first-order valence-electron chi connectivity index (χ1n) is 6.60. The molecule has 2 aromatic rings. The molecular weight excluding hydrogens is 238 g/mol. The zero-order valence-electron chi connectivity index (χ0n) is 11.8. The number of benzene rings is 1. The van der Waals surface area contributed by atoms with E-state index in [2.05, 4.69) is 13.8 Å². The van der Waals surface area contributed by atoms with Gasteiger partial charge in [0.15, 0.2) is 0 Å². The quantitative estimate of drug-likeness (QED) is 0.897. The number of methoxy groups -OCH3 is 1. The smallest absolute Gasteiger partial charge is 0.219 e. The number of rotatable bonds is 5. The summed E-state index contributed by atoms with van der Waals surface area (Å²) in [5.41, 5.74) is 8.89. The molecule has 0 saturated heterocycles. The molecule has 0 bridgehead atoms. The highest BCUT2D eigenvalue weighted by molar-refractivity contribution is 5.42. The van der Waals surface area contributed by atoms with Crippen molar-refractivity contribution in [3.63, 3.8) is 0 Å². The largest absolute Gasteiger partial charge is 0.481 e. The second kappa shape index (κ2) is 5.89. The first kappa shape index (κ1) is 13.6. The van der Waals surface area contributed by atoms with Crippen LogP contribution in [-0.4, -0.2) is 23.4 Å². The highest BCUT2D eigenvalue weighted by Crippen LogP contribution is 2.30. The number of nitrogens with zero attached hydrogens (tertiary/aromatic N) is 2. The van der Waals surface area contributed by atoms with Crippen molar-refractivity contribution in [1.29, 1.82) is 0 Å². The number of hydrogen-bond donors (Lipinski definition) is 1. The van der Waals surface area contributed by atoms with Crippen LogP contribution in [0.15, 0.2) is 30.3 Å². The number of aromatic nitrogens is 2. The van der Waals surface area contributed by atoms with Gasteiger partial charge in [-0.3, -0.25) is 0 Å². The van der Waals surface area contributed by atoms with E-state index in [0.29, 0.717) is 12.5 Å². The molecular formula is C15H21N3O. The third-order valence-corrected chi connectivity index (χ3v) is 3.10. The minimum Gasteiger partial charge on any atom is -0.481 e. The summed E-state index contributed by atoms with van der Waals surface area (Å²) in [5.74, 6) is 1.14. The number of ether oxygens (including phenoxy) is 1. The molecule has 4 nitrogen and oxygen atoms in total. The summed E-state index contributed by atoms with van der Waals surface area (Å²) in [6, 6.07) is 10.0. The normalized spacial score (nSPS) is 11.0. The van der Waals surface area contributed by atoms with Gasteiger partial charge in [0, 0.05) is 5.56 Å². The second-order valence-electron chi connectivity index (χ2n) is 4.81. The van der Waals surface area contributed by atoms with Gasteiger partial charge in [0.1, 0.15) is 0 Å². The van der Waals surface area contributed by atoms with Crippen molar-refractivity contribution in [3.8, 4) is 11.6 Å². The summed E-state index contributed by atoms with van der Waals surface area (Å²) in [7, 11) is 1.68. The zero-order valence-corrected chi connectivity index (χ0v) is 11.8. The molecule has 1 heterocycles. The van der Waals surface area contributed by atoms with Crippen LogP contribution in [0.3, 0.4) is 0 Å². The minimum atomic E-state index is 0.348. The Balaban J connectivity index is 2.58. The van der Waals surface area contributed by atoms with Crippen LogP contribution in [-0.2, 0) is 6.42 Å². The second-order valence-corrected chi connectivity index (χ2v) is 4.81. The average Bonchev–Trinajstić information content (AvgIpc) is 2.79. The van der Waals surface area contributed by atoms with Gasteiger partial charge in [0.25, 0.3) is 0 Å². The van der Waals surface area contributed by atoms with Gasteiger partial charge in [-0.15, -0.1) is 0 Å². The summed E-state index contributed by atoms with van der Waals surface area (Å²) in [6.07, 6.45) is 0.781. The average molecular weight is 259 g/mol. The summed E-state index contributed by atoms with van der Waals surface area (Å²) in [6.45, 7) is 4.87. The van der Waals surface area contributed by atoms with E-state index in [1.165, 1.54) is 0 Å². The third-order valence-electron chi connectivity index (χ3n) is 3.10. The molecule has 0 radical (unpaired) electrons. The Morgan fingerprint density at radius 2 is 1.95 bits per heavy atom. The van der Waals surface area contributed by atoms with Crippen molar-refractivity contribution in [2.75, 3.05) is 13.7 Å². The van der Waals surface area contributed by atoms with Crippen LogP contribution in [0.25, 0.3) is 5.69 Å². The van der Waals surface area contributed by atoms with E-state index in [1.807, 2.05) is 35.0 Å². The van der Waals surface area contributed by atoms with E-state index in [1.54, 1.807) is 7.11 Å². The fourth-order valence-electron chi connectivity index (χ4n) is 2.25. The maximum atomic E-state index is 5.71. The Labute approximate surface area is 114 Å². The summed E-state index contributed by atoms with van der Waals surface area (Å²) < 4.78 is 7.42. The SMILES string of the molecule is COc1c(CCN)c(C(C)C)nn1-c1ccccc1. The lowest BCUT2D eigenvalue weighted by molar-refractivity contribution is 0.379. The molecule has 0 unspecified atom stereocenters. The molecule has 2 N–H and O–H groups in total. The predicted molar refractivity (Wildman–Crippen MR) is 77.0 cm³/mol. The van der Waals surface area contributed by atoms with Gasteiger partial charge in [-0.25, -0.2) is 4.68 Å². The summed E-state index contributed by atoms with van der Waals surface area (Å²) >= 11 is 0. The van der Waals surface area contributed by atoms with Crippen LogP contribution >= 0.6 is 0 Å². The predicted octanol–water partition coefficient (Wildman–Crippen LogP) is 2.51. The van der Waals surface area contributed by atoms with Gasteiger partial charge < -0.3 is 10.5 Å². The molecule has 0 spiro atoms. The molecule has 0 amide bonds.